The molecule has 2 aromatic rings. The summed E-state index contributed by atoms with van der Waals surface area (Å²) >= 11 is 1.52. The summed E-state index contributed by atoms with van der Waals surface area (Å²) in [7, 11) is 0. The fraction of sp³-hybridized carbons (Fsp3) is 0.417. The number of rotatable bonds is 6. The summed E-state index contributed by atoms with van der Waals surface area (Å²) in [5.41, 5.74) is 0.717. The number of hydrogen-bond acceptors (Lipinski definition) is 4. The molecule has 6 nitrogen and oxygen atoms in total. The number of carboxylic acids is 1. The van der Waals surface area contributed by atoms with Gasteiger partial charge in [0.05, 0.1) is 12.1 Å². The van der Waals surface area contributed by atoms with Crippen molar-refractivity contribution in [3.05, 3.63) is 23.5 Å². The number of fused-ring (bicyclic) bond motifs is 1. The summed E-state index contributed by atoms with van der Waals surface area (Å²) in [5, 5.41) is 13.3. The first kappa shape index (κ1) is 13.5. The summed E-state index contributed by atoms with van der Waals surface area (Å²) in [5.74, 6) is -0.987. The van der Waals surface area contributed by atoms with Crippen molar-refractivity contribution in [2.45, 2.75) is 32.2 Å². The predicted molar refractivity (Wildman–Crippen MR) is 71.2 cm³/mol. The molecule has 19 heavy (non-hydrogen) atoms. The standard InChI is InChI=1S/C12H15N3O3S/c1-8(2-3-11(17)18)13-10(16)6-9-7-15-4-5-19-12(15)14-9/h4-5,7-8H,2-3,6H2,1H3,(H,13,16)(H,17,18). The maximum atomic E-state index is 11.8. The number of carbonyl (C=O) groups is 2. The molecule has 0 bridgehead atoms. The van der Waals surface area contributed by atoms with Crippen LogP contribution in [0.4, 0.5) is 0 Å². The van der Waals surface area contributed by atoms with Crippen LogP contribution in [-0.4, -0.2) is 32.4 Å². The van der Waals surface area contributed by atoms with Crippen molar-refractivity contribution in [1.29, 1.82) is 0 Å². The molecule has 2 N–H and O–H groups in total. The van der Waals surface area contributed by atoms with Crippen molar-refractivity contribution in [2.75, 3.05) is 0 Å². The quantitative estimate of drug-likeness (QED) is 0.836. The normalized spacial score (nSPS) is 12.5. The molecule has 102 valence electrons. The Morgan fingerprint density at radius 1 is 1.58 bits per heavy atom. The molecule has 0 spiro atoms. The summed E-state index contributed by atoms with van der Waals surface area (Å²) in [6.45, 7) is 1.80. The van der Waals surface area contributed by atoms with Gasteiger partial charge in [-0.15, -0.1) is 11.3 Å². The molecule has 0 aliphatic carbocycles. The van der Waals surface area contributed by atoms with Crippen LogP contribution < -0.4 is 5.32 Å². The number of hydrogen-bond donors (Lipinski definition) is 2. The maximum absolute atomic E-state index is 11.8. The zero-order valence-electron chi connectivity index (χ0n) is 10.5. The van der Waals surface area contributed by atoms with Gasteiger partial charge in [-0.05, 0) is 13.3 Å². The van der Waals surface area contributed by atoms with Crippen LogP contribution in [0.25, 0.3) is 4.96 Å². The van der Waals surface area contributed by atoms with Gasteiger partial charge < -0.3 is 10.4 Å². The van der Waals surface area contributed by atoms with Gasteiger partial charge in [0.15, 0.2) is 4.96 Å². The fourth-order valence-electron chi connectivity index (χ4n) is 1.76. The maximum Gasteiger partial charge on any atom is 0.303 e. The Morgan fingerprint density at radius 3 is 3.05 bits per heavy atom. The Bertz CT molecular complexity index is 561. The van der Waals surface area contributed by atoms with E-state index < -0.39 is 5.97 Å². The van der Waals surface area contributed by atoms with Gasteiger partial charge in [0.1, 0.15) is 0 Å². The summed E-state index contributed by atoms with van der Waals surface area (Å²) < 4.78 is 1.88. The number of aliphatic carboxylic acids is 1. The molecular formula is C12H15N3O3S. The molecule has 1 unspecified atom stereocenters. The fourth-order valence-corrected chi connectivity index (χ4v) is 2.48. The number of nitrogens with zero attached hydrogens (tertiary/aromatic N) is 2. The van der Waals surface area contributed by atoms with Crippen molar-refractivity contribution in [3.63, 3.8) is 0 Å². The van der Waals surface area contributed by atoms with Crippen LogP contribution in [0.15, 0.2) is 17.8 Å². The highest BCUT2D eigenvalue weighted by atomic mass is 32.1. The second kappa shape index (κ2) is 5.83. The van der Waals surface area contributed by atoms with Gasteiger partial charge >= 0.3 is 5.97 Å². The highest BCUT2D eigenvalue weighted by Gasteiger charge is 2.12. The van der Waals surface area contributed by atoms with Crippen LogP contribution in [0.3, 0.4) is 0 Å². The third-order valence-corrected chi connectivity index (χ3v) is 3.45. The molecule has 0 aliphatic rings. The van der Waals surface area contributed by atoms with Crippen molar-refractivity contribution in [1.82, 2.24) is 14.7 Å². The Hall–Kier alpha value is -1.89. The first-order chi connectivity index (χ1) is 9.04. The first-order valence-electron chi connectivity index (χ1n) is 5.97. The lowest BCUT2D eigenvalue weighted by Crippen LogP contribution is -2.34. The van der Waals surface area contributed by atoms with Crippen LogP contribution in [0, 0.1) is 0 Å². The SMILES string of the molecule is CC(CCC(=O)O)NC(=O)Cc1cn2ccsc2n1. The number of nitrogens with one attached hydrogen (secondary N) is 1. The van der Waals surface area contributed by atoms with Crippen LogP contribution in [0.2, 0.25) is 0 Å². The average molecular weight is 281 g/mol. The van der Waals surface area contributed by atoms with Gasteiger partial charge in [-0.25, -0.2) is 4.98 Å². The number of carbonyl (C=O) groups excluding carboxylic acids is 1. The smallest absolute Gasteiger partial charge is 0.303 e. The van der Waals surface area contributed by atoms with Gasteiger partial charge in [-0.3, -0.25) is 14.0 Å². The topological polar surface area (TPSA) is 83.7 Å². The minimum absolute atomic E-state index is 0.0572. The molecule has 7 heteroatoms. The highest BCUT2D eigenvalue weighted by molar-refractivity contribution is 7.15. The molecule has 0 aromatic carbocycles. The summed E-state index contributed by atoms with van der Waals surface area (Å²) in [6, 6.07) is -0.146. The highest BCUT2D eigenvalue weighted by Crippen LogP contribution is 2.11. The van der Waals surface area contributed by atoms with Crippen molar-refractivity contribution < 1.29 is 14.7 Å². The van der Waals surface area contributed by atoms with E-state index in [2.05, 4.69) is 10.3 Å². The van der Waals surface area contributed by atoms with E-state index in [0.717, 1.165) is 10.7 Å². The summed E-state index contributed by atoms with van der Waals surface area (Å²) in [6.07, 6.45) is 4.42. The number of imidazole rings is 1. The van der Waals surface area contributed by atoms with Gasteiger partial charge in [0.25, 0.3) is 0 Å². The van der Waals surface area contributed by atoms with Gasteiger partial charge in [0, 0.05) is 30.2 Å². The van der Waals surface area contributed by atoms with Crippen molar-refractivity contribution in [3.8, 4) is 0 Å². The third kappa shape index (κ3) is 3.78. The molecule has 0 saturated carbocycles. The van der Waals surface area contributed by atoms with Gasteiger partial charge in [0.2, 0.25) is 5.91 Å². The Labute approximate surface area is 114 Å². The second-order valence-electron chi connectivity index (χ2n) is 4.40. The Balaban J connectivity index is 1.83. The largest absolute Gasteiger partial charge is 0.481 e. The molecule has 1 amide bonds. The molecule has 0 aliphatic heterocycles. The lowest BCUT2D eigenvalue weighted by atomic mass is 10.2. The van der Waals surface area contributed by atoms with Gasteiger partial charge in [-0.2, -0.15) is 0 Å². The molecule has 1 atom stereocenters. The minimum Gasteiger partial charge on any atom is -0.481 e. The minimum atomic E-state index is -0.851. The van der Waals surface area contributed by atoms with E-state index in [9.17, 15) is 9.59 Å². The number of thiazole rings is 1. The molecule has 2 heterocycles. The number of carboxylic acid groups (broad SMARTS) is 1. The molecular weight excluding hydrogens is 266 g/mol. The van der Waals surface area contributed by atoms with E-state index in [-0.39, 0.29) is 24.8 Å². The zero-order valence-corrected chi connectivity index (χ0v) is 11.3. The first-order valence-corrected chi connectivity index (χ1v) is 6.85. The zero-order chi connectivity index (χ0) is 13.8. The Kier molecular flexibility index (Phi) is 4.16. The monoisotopic (exact) mass is 281 g/mol. The lowest BCUT2D eigenvalue weighted by Gasteiger charge is -2.11. The third-order valence-electron chi connectivity index (χ3n) is 2.68. The van der Waals surface area contributed by atoms with Crippen LogP contribution in [0.1, 0.15) is 25.5 Å². The number of aromatic nitrogens is 2. The molecule has 2 aromatic heterocycles. The molecule has 0 radical (unpaired) electrons. The second-order valence-corrected chi connectivity index (χ2v) is 5.28. The van der Waals surface area contributed by atoms with E-state index >= 15 is 0 Å². The van der Waals surface area contributed by atoms with Crippen LogP contribution in [-0.2, 0) is 16.0 Å². The van der Waals surface area contributed by atoms with Crippen LogP contribution >= 0.6 is 11.3 Å². The number of amides is 1. The van der Waals surface area contributed by atoms with E-state index in [1.807, 2.05) is 22.2 Å². The molecule has 0 fully saturated rings. The molecule has 0 saturated heterocycles. The van der Waals surface area contributed by atoms with E-state index in [0.29, 0.717) is 6.42 Å². The van der Waals surface area contributed by atoms with Crippen LogP contribution in [0.5, 0.6) is 0 Å². The average Bonchev–Trinajstić information content (AvgIpc) is 2.86. The summed E-state index contributed by atoms with van der Waals surface area (Å²) in [4.78, 5) is 27.4. The van der Waals surface area contributed by atoms with E-state index in [4.69, 9.17) is 5.11 Å². The van der Waals surface area contributed by atoms with Crippen molar-refractivity contribution >= 4 is 28.2 Å². The molecule has 2 rings (SSSR count). The Morgan fingerprint density at radius 2 is 2.37 bits per heavy atom. The van der Waals surface area contributed by atoms with E-state index in [1.54, 1.807) is 6.92 Å². The lowest BCUT2D eigenvalue weighted by molar-refractivity contribution is -0.137. The predicted octanol–water partition coefficient (Wildman–Crippen LogP) is 1.31. The van der Waals surface area contributed by atoms with Crippen molar-refractivity contribution in [2.24, 2.45) is 0 Å². The van der Waals surface area contributed by atoms with Gasteiger partial charge in [-0.1, -0.05) is 0 Å². The van der Waals surface area contributed by atoms with E-state index in [1.165, 1.54) is 11.3 Å².